The van der Waals surface area contributed by atoms with E-state index in [2.05, 4.69) is 0 Å². The van der Waals surface area contributed by atoms with Gasteiger partial charge >= 0.3 is 11.9 Å². The van der Waals surface area contributed by atoms with Crippen LogP contribution in [0.3, 0.4) is 0 Å². The van der Waals surface area contributed by atoms with E-state index in [1.165, 1.54) is 36.8 Å². The van der Waals surface area contributed by atoms with Crippen LogP contribution < -0.4 is 0 Å². The van der Waals surface area contributed by atoms with Crippen molar-refractivity contribution in [2.75, 3.05) is 0 Å². The summed E-state index contributed by atoms with van der Waals surface area (Å²) < 4.78 is 9.80. The van der Waals surface area contributed by atoms with Gasteiger partial charge in [0.25, 0.3) is 0 Å². The monoisotopic (exact) mass is 274 g/mol. The van der Waals surface area contributed by atoms with Gasteiger partial charge in [0.2, 0.25) is 0 Å². The lowest BCUT2D eigenvalue weighted by atomic mass is 10.1. The van der Waals surface area contributed by atoms with Gasteiger partial charge in [-0.3, -0.25) is 0 Å². The molecule has 0 aromatic heterocycles. The number of benzene rings is 1. The summed E-state index contributed by atoms with van der Waals surface area (Å²) in [6, 6.07) is 6.12. The van der Waals surface area contributed by atoms with E-state index in [4.69, 9.17) is 9.47 Å². The average molecular weight is 274 g/mol. The molecule has 1 aromatic carbocycles. The van der Waals surface area contributed by atoms with Gasteiger partial charge in [0, 0.05) is 0 Å². The normalized spacial score (nSPS) is 10.9. The Labute approximate surface area is 118 Å². The Bertz CT molecular complexity index is 451. The van der Waals surface area contributed by atoms with Crippen molar-refractivity contribution in [3.8, 4) is 0 Å². The van der Waals surface area contributed by atoms with Crippen molar-refractivity contribution in [1.29, 1.82) is 0 Å². The molecule has 0 heterocycles. The Kier molecular flexibility index (Phi) is 6.82. The minimum atomic E-state index is -0.458. The molecule has 4 heteroatoms. The third kappa shape index (κ3) is 5.10. The molecular formula is C16H18O4. The SMILES string of the molecule is CCC=COC(=O)c1ccc(C(=O)OC=CCC)cc1. The Balaban J connectivity index is 2.63. The lowest BCUT2D eigenvalue weighted by Crippen LogP contribution is -2.04. The lowest BCUT2D eigenvalue weighted by Gasteiger charge is -2.02. The number of ether oxygens (including phenoxy) is 2. The highest BCUT2D eigenvalue weighted by atomic mass is 16.5. The topological polar surface area (TPSA) is 52.6 Å². The van der Waals surface area contributed by atoms with Crippen molar-refractivity contribution >= 4 is 11.9 Å². The second-order valence-corrected chi connectivity index (χ2v) is 3.95. The van der Waals surface area contributed by atoms with Crippen LogP contribution in [0.5, 0.6) is 0 Å². The largest absolute Gasteiger partial charge is 0.431 e. The first-order valence-corrected chi connectivity index (χ1v) is 6.51. The molecule has 0 radical (unpaired) electrons. The van der Waals surface area contributed by atoms with Crippen LogP contribution in [0.4, 0.5) is 0 Å². The molecule has 0 saturated heterocycles. The molecule has 0 aliphatic rings. The van der Waals surface area contributed by atoms with Gasteiger partial charge in [-0.1, -0.05) is 13.8 Å². The molecule has 0 bridgehead atoms. The van der Waals surface area contributed by atoms with Gasteiger partial charge in [0.1, 0.15) is 0 Å². The highest BCUT2D eigenvalue weighted by molar-refractivity contribution is 5.93. The first kappa shape index (κ1) is 15.7. The van der Waals surface area contributed by atoms with Crippen LogP contribution in [-0.2, 0) is 9.47 Å². The highest BCUT2D eigenvalue weighted by Crippen LogP contribution is 2.08. The van der Waals surface area contributed by atoms with E-state index in [1.807, 2.05) is 13.8 Å². The van der Waals surface area contributed by atoms with Gasteiger partial charge in [-0.25, -0.2) is 9.59 Å². The number of esters is 2. The standard InChI is InChI=1S/C16H18O4/c1-3-5-11-19-15(17)13-7-9-14(10-8-13)16(18)20-12-6-4-2/h5-12H,3-4H2,1-2H3. The van der Waals surface area contributed by atoms with E-state index in [9.17, 15) is 9.59 Å². The van der Waals surface area contributed by atoms with E-state index >= 15 is 0 Å². The second-order valence-electron chi connectivity index (χ2n) is 3.95. The number of allylic oxidation sites excluding steroid dienone is 2. The van der Waals surface area contributed by atoms with Gasteiger partial charge in [-0.05, 0) is 49.3 Å². The summed E-state index contributed by atoms with van der Waals surface area (Å²) in [5, 5.41) is 0. The fourth-order valence-corrected chi connectivity index (χ4v) is 1.29. The van der Waals surface area contributed by atoms with Crippen molar-refractivity contribution in [2.24, 2.45) is 0 Å². The predicted molar refractivity (Wildman–Crippen MR) is 76.1 cm³/mol. The first-order valence-electron chi connectivity index (χ1n) is 6.51. The molecule has 0 aliphatic heterocycles. The van der Waals surface area contributed by atoms with Gasteiger partial charge in [0.15, 0.2) is 0 Å². The summed E-state index contributed by atoms with van der Waals surface area (Å²) in [4.78, 5) is 23.2. The number of hydrogen-bond donors (Lipinski definition) is 0. The number of carbonyl (C=O) groups excluding carboxylic acids is 2. The van der Waals surface area contributed by atoms with E-state index < -0.39 is 11.9 Å². The maximum Gasteiger partial charge on any atom is 0.342 e. The van der Waals surface area contributed by atoms with Crippen molar-refractivity contribution in [3.63, 3.8) is 0 Å². The van der Waals surface area contributed by atoms with E-state index in [1.54, 1.807) is 12.2 Å². The van der Waals surface area contributed by atoms with Crippen LogP contribution in [0, 0.1) is 0 Å². The van der Waals surface area contributed by atoms with Crippen molar-refractivity contribution in [3.05, 3.63) is 60.1 Å². The molecule has 0 unspecified atom stereocenters. The van der Waals surface area contributed by atoms with Gasteiger partial charge in [-0.15, -0.1) is 0 Å². The Morgan fingerprint density at radius 2 is 1.20 bits per heavy atom. The molecular weight excluding hydrogens is 256 g/mol. The molecule has 20 heavy (non-hydrogen) atoms. The van der Waals surface area contributed by atoms with Crippen molar-refractivity contribution < 1.29 is 19.1 Å². The Morgan fingerprint density at radius 1 is 0.850 bits per heavy atom. The second kappa shape index (κ2) is 8.69. The van der Waals surface area contributed by atoms with E-state index in [0.717, 1.165) is 12.8 Å². The van der Waals surface area contributed by atoms with Gasteiger partial charge in [0.05, 0.1) is 23.7 Å². The molecule has 0 spiro atoms. The third-order valence-corrected chi connectivity index (χ3v) is 2.37. The maximum absolute atomic E-state index is 11.6. The molecule has 0 atom stereocenters. The molecule has 1 rings (SSSR count). The smallest absolute Gasteiger partial charge is 0.342 e. The molecule has 106 valence electrons. The average Bonchev–Trinajstić information content (AvgIpc) is 2.47. The zero-order chi connectivity index (χ0) is 14.8. The minimum Gasteiger partial charge on any atom is -0.431 e. The molecule has 0 saturated carbocycles. The molecule has 0 aliphatic carbocycles. The number of rotatable bonds is 6. The van der Waals surface area contributed by atoms with Crippen molar-refractivity contribution in [1.82, 2.24) is 0 Å². The summed E-state index contributed by atoms with van der Waals surface area (Å²) in [6.07, 6.45) is 7.79. The number of carbonyl (C=O) groups is 2. The van der Waals surface area contributed by atoms with E-state index in [0.29, 0.717) is 11.1 Å². The quantitative estimate of drug-likeness (QED) is 0.584. The summed E-state index contributed by atoms with van der Waals surface area (Å²) >= 11 is 0. The van der Waals surface area contributed by atoms with Crippen LogP contribution in [0.25, 0.3) is 0 Å². The van der Waals surface area contributed by atoms with Gasteiger partial charge < -0.3 is 9.47 Å². The van der Waals surface area contributed by atoms with Crippen LogP contribution in [0.15, 0.2) is 48.9 Å². The lowest BCUT2D eigenvalue weighted by molar-refractivity contribution is 0.0648. The zero-order valence-electron chi connectivity index (χ0n) is 11.7. The predicted octanol–water partition coefficient (Wildman–Crippen LogP) is 3.85. The van der Waals surface area contributed by atoms with Crippen LogP contribution in [-0.4, -0.2) is 11.9 Å². The Hall–Kier alpha value is -2.36. The third-order valence-electron chi connectivity index (χ3n) is 2.37. The molecule has 4 nitrogen and oxygen atoms in total. The van der Waals surface area contributed by atoms with Crippen LogP contribution in [0.2, 0.25) is 0 Å². The molecule has 1 aromatic rings. The van der Waals surface area contributed by atoms with E-state index in [-0.39, 0.29) is 0 Å². The minimum absolute atomic E-state index is 0.381. The van der Waals surface area contributed by atoms with Crippen molar-refractivity contribution in [2.45, 2.75) is 26.7 Å². The Morgan fingerprint density at radius 3 is 1.50 bits per heavy atom. The highest BCUT2D eigenvalue weighted by Gasteiger charge is 2.09. The first-order chi connectivity index (χ1) is 9.69. The molecule has 0 N–H and O–H groups in total. The fraction of sp³-hybridized carbons (Fsp3) is 0.250. The number of hydrogen-bond acceptors (Lipinski definition) is 4. The summed E-state index contributed by atoms with van der Waals surface area (Å²) in [7, 11) is 0. The fourth-order valence-electron chi connectivity index (χ4n) is 1.29. The van der Waals surface area contributed by atoms with Crippen LogP contribution >= 0.6 is 0 Å². The molecule has 0 fully saturated rings. The zero-order valence-corrected chi connectivity index (χ0v) is 11.7. The van der Waals surface area contributed by atoms with Crippen LogP contribution in [0.1, 0.15) is 47.4 Å². The summed E-state index contributed by atoms with van der Waals surface area (Å²) in [5.41, 5.74) is 0.762. The molecule has 0 amide bonds. The van der Waals surface area contributed by atoms with Gasteiger partial charge in [-0.2, -0.15) is 0 Å². The summed E-state index contributed by atoms with van der Waals surface area (Å²) in [6.45, 7) is 3.88. The maximum atomic E-state index is 11.6. The summed E-state index contributed by atoms with van der Waals surface area (Å²) in [5.74, 6) is -0.916.